The Morgan fingerprint density at radius 1 is 1.21 bits per heavy atom. The minimum absolute atomic E-state index is 0.185. The maximum atomic E-state index is 13.2. The maximum absolute atomic E-state index is 13.2. The molecule has 0 aliphatic carbocycles. The number of likely N-dealkylation sites (tertiary alicyclic amines) is 1. The van der Waals surface area contributed by atoms with Gasteiger partial charge in [0.15, 0.2) is 0 Å². The highest BCUT2D eigenvalue weighted by Crippen LogP contribution is 2.29. The van der Waals surface area contributed by atoms with Crippen molar-refractivity contribution in [3.63, 3.8) is 0 Å². The van der Waals surface area contributed by atoms with E-state index in [0.29, 0.717) is 18.5 Å². The van der Waals surface area contributed by atoms with Crippen LogP contribution in [0.25, 0.3) is 0 Å². The number of carbonyl (C=O) groups excluding carboxylic acids is 2. The van der Waals surface area contributed by atoms with Crippen LogP contribution in [0.3, 0.4) is 0 Å². The van der Waals surface area contributed by atoms with Gasteiger partial charge in [-0.25, -0.2) is 9.18 Å². The highest BCUT2D eigenvalue weighted by Gasteiger charge is 2.45. The molecule has 0 spiro atoms. The zero-order valence-corrected chi connectivity index (χ0v) is 20.9. The van der Waals surface area contributed by atoms with Gasteiger partial charge in [-0.1, -0.05) is 24.2 Å². The molecule has 1 aliphatic rings. The molecular formula is C24H36FN3O6. The molecule has 34 heavy (non-hydrogen) atoms. The summed E-state index contributed by atoms with van der Waals surface area (Å²) in [6.07, 6.45) is -0.859. The molecule has 2 amide bonds. The molecule has 1 saturated heterocycles. The summed E-state index contributed by atoms with van der Waals surface area (Å²) in [6, 6.07) is 4.32. The van der Waals surface area contributed by atoms with Crippen LogP contribution >= 0.6 is 0 Å². The average molecular weight is 482 g/mol. The number of ether oxygens (including phenoxy) is 3. The van der Waals surface area contributed by atoms with Crippen LogP contribution in [0, 0.1) is 11.7 Å². The van der Waals surface area contributed by atoms with Crippen molar-refractivity contribution in [3.8, 4) is 0 Å². The first kappa shape index (κ1) is 27.5. The van der Waals surface area contributed by atoms with Gasteiger partial charge in [0, 0.05) is 19.8 Å². The number of amides is 2. The molecule has 0 aromatic heterocycles. The Labute approximate surface area is 200 Å². The molecular weight excluding hydrogens is 445 g/mol. The summed E-state index contributed by atoms with van der Waals surface area (Å²) in [5, 5.41) is 15.6. The van der Waals surface area contributed by atoms with E-state index in [0.717, 1.165) is 0 Å². The van der Waals surface area contributed by atoms with E-state index >= 15 is 0 Å². The number of nitrogens with one attached hydrogen (secondary N) is 1. The monoisotopic (exact) mass is 481 g/mol. The van der Waals surface area contributed by atoms with Gasteiger partial charge in [-0.15, -0.1) is 0 Å². The van der Waals surface area contributed by atoms with Crippen LogP contribution in [0.15, 0.2) is 29.4 Å². The molecule has 1 aromatic rings. The minimum Gasteiger partial charge on any atom is -0.444 e. The van der Waals surface area contributed by atoms with Crippen LogP contribution in [0.2, 0.25) is 0 Å². The second-order valence-electron chi connectivity index (χ2n) is 9.50. The summed E-state index contributed by atoms with van der Waals surface area (Å²) in [6.45, 7) is 9.06. The van der Waals surface area contributed by atoms with Gasteiger partial charge in [-0.3, -0.25) is 9.69 Å². The summed E-state index contributed by atoms with van der Waals surface area (Å²) < 4.78 is 30.0. The molecule has 1 heterocycles. The molecule has 5 atom stereocenters. The number of methoxy groups -OCH3 is 2. The third kappa shape index (κ3) is 6.89. The summed E-state index contributed by atoms with van der Waals surface area (Å²) in [5.41, 5.74) is -0.0126. The van der Waals surface area contributed by atoms with Gasteiger partial charge in [-0.2, -0.15) is 0 Å². The molecule has 0 saturated carbocycles. The number of nitrogens with zero attached hydrogens (tertiary/aromatic N) is 2. The summed E-state index contributed by atoms with van der Waals surface area (Å²) >= 11 is 0. The van der Waals surface area contributed by atoms with Crippen molar-refractivity contribution >= 4 is 17.7 Å². The number of hydrogen-bond donors (Lipinski definition) is 2. The highest BCUT2D eigenvalue weighted by atomic mass is 19.1. The Balaban J connectivity index is 2.16. The Bertz CT molecular complexity index is 870. The van der Waals surface area contributed by atoms with Gasteiger partial charge in [0.05, 0.1) is 36.8 Å². The zero-order valence-electron chi connectivity index (χ0n) is 20.9. The van der Waals surface area contributed by atoms with E-state index in [1.54, 1.807) is 46.6 Å². The number of hydrogen-bond acceptors (Lipinski definition) is 7. The Morgan fingerprint density at radius 3 is 2.32 bits per heavy atom. The maximum Gasteiger partial charge on any atom is 0.410 e. The van der Waals surface area contributed by atoms with E-state index in [4.69, 9.17) is 14.2 Å². The second kappa shape index (κ2) is 11.6. The fraction of sp³-hybridized carbons (Fsp3) is 0.625. The van der Waals surface area contributed by atoms with E-state index < -0.39 is 41.6 Å². The number of oxime groups is 1. The molecule has 1 fully saturated rings. The van der Waals surface area contributed by atoms with Crippen LogP contribution < -0.4 is 5.32 Å². The molecule has 0 radical (unpaired) electrons. The molecule has 0 unspecified atom stereocenters. The van der Waals surface area contributed by atoms with Gasteiger partial charge in [0.2, 0.25) is 5.91 Å². The lowest BCUT2D eigenvalue weighted by Gasteiger charge is -2.34. The topological polar surface area (TPSA) is 110 Å². The lowest BCUT2D eigenvalue weighted by molar-refractivity contribution is -0.131. The molecule has 0 bridgehead atoms. The second-order valence-corrected chi connectivity index (χ2v) is 9.50. The van der Waals surface area contributed by atoms with Crippen molar-refractivity contribution in [2.45, 2.75) is 70.9 Å². The van der Waals surface area contributed by atoms with Gasteiger partial charge < -0.3 is 24.7 Å². The average Bonchev–Trinajstić information content (AvgIpc) is 3.19. The first-order valence-electron chi connectivity index (χ1n) is 11.2. The standard InChI is InChI=1S/C24H36FN3O6/c1-14(22(29)26-15(2)20(27-31)16-8-10-17(25)11-9-16)21(33-7)19-12-18(32-6)13-28(19)23(30)34-24(3,4)5/h8-11,14-15,18-19,21,31H,12-13H2,1-7H3,(H,26,29)/t14-,15-,18-,19-,21-/m1/s1. The van der Waals surface area contributed by atoms with Gasteiger partial charge in [-0.05, 0) is 46.2 Å². The fourth-order valence-corrected chi connectivity index (χ4v) is 4.11. The van der Waals surface area contributed by atoms with Crippen molar-refractivity contribution in [3.05, 3.63) is 35.6 Å². The van der Waals surface area contributed by atoms with Crippen molar-refractivity contribution < 1.29 is 33.4 Å². The predicted molar refractivity (Wildman–Crippen MR) is 124 cm³/mol. The van der Waals surface area contributed by atoms with Gasteiger partial charge in [0.1, 0.15) is 17.1 Å². The Hall–Kier alpha value is -2.72. The molecule has 190 valence electrons. The first-order valence-corrected chi connectivity index (χ1v) is 11.2. The van der Waals surface area contributed by atoms with Crippen LogP contribution in [-0.2, 0) is 19.0 Å². The van der Waals surface area contributed by atoms with Gasteiger partial charge in [0.25, 0.3) is 0 Å². The van der Waals surface area contributed by atoms with Crippen LogP contribution in [-0.4, -0.2) is 78.5 Å². The van der Waals surface area contributed by atoms with E-state index in [-0.39, 0.29) is 17.7 Å². The summed E-state index contributed by atoms with van der Waals surface area (Å²) in [5.74, 6) is -1.44. The minimum atomic E-state index is -0.672. The number of halogens is 1. The molecule has 2 rings (SSSR count). The van der Waals surface area contributed by atoms with Crippen molar-refractivity contribution in [1.82, 2.24) is 10.2 Å². The lowest BCUT2D eigenvalue weighted by atomic mass is 9.94. The number of benzene rings is 1. The van der Waals surface area contributed by atoms with E-state index in [9.17, 15) is 19.2 Å². The SMILES string of the molecule is CO[C@@H]1C[C@H]([C@H](OC)[C@@H](C)C(=O)N[C@H](C)C(=NO)c2ccc(F)cc2)N(C(=O)OC(C)(C)C)C1. The van der Waals surface area contributed by atoms with E-state index in [1.165, 1.54) is 31.4 Å². The number of rotatable bonds is 8. The highest BCUT2D eigenvalue weighted by molar-refractivity contribution is 6.05. The summed E-state index contributed by atoms with van der Waals surface area (Å²) in [7, 11) is 3.07. The third-order valence-corrected chi connectivity index (χ3v) is 5.84. The van der Waals surface area contributed by atoms with E-state index in [1.807, 2.05) is 0 Å². The van der Waals surface area contributed by atoms with Crippen LogP contribution in [0.5, 0.6) is 0 Å². The fourth-order valence-electron chi connectivity index (χ4n) is 4.11. The van der Waals surface area contributed by atoms with Crippen molar-refractivity contribution in [1.29, 1.82) is 0 Å². The Kier molecular flexibility index (Phi) is 9.40. The van der Waals surface area contributed by atoms with E-state index in [2.05, 4.69) is 10.5 Å². The molecule has 9 nitrogen and oxygen atoms in total. The predicted octanol–water partition coefficient (Wildman–Crippen LogP) is 3.18. The molecule has 10 heteroatoms. The largest absolute Gasteiger partial charge is 0.444 e. The van der Waals surface area contributed by atoms with Crippen LogP contribution in [0.4, 0.5) is 9.18 Å². The lowest BCUT2D eigenvalue weighted by Crippen LogP contribution is -2.52. The van der Waals surface area contributed by atoms with Crippen LogP contribution in [0.1, 0.15) is 46.6 Å². The number of carbonyl (C=O) groups is 2. The zero-order chi connectivity index (χ0) is 25.6. The van der Waals surface area contributed by atoms with Crippen molar-refractivity contribution in [2.24, 2.45) is 11.1 Å². The summed E-state index contributed by atoms with van der Waals surface area (Å²) in [4.78, 5) is 27.5. The van der Waals surface area contributed by atoms with Gasteiger partial charge >= 0.3 is 6.09 Å². The normalized spacial score (nSPS) is 21.6. The smallest absolute Gasteiger partial charge is 0.410 e. The third-order valence-electron chi connectivity index (χ3n) is 5.84. The quantitative estimate of drug-likeness (QED) is 0.335. The van der Waals surface area contributed by atoms with Crippen molar-refractivity contribution in [2.75, 3.05) is 20.8 Å². The molecule has 1 aromatic carbocycles. The molecule has 1 aliphatic heterocycles. The Morgan fingerprint density at radius 2 is 1.82 bits per heavy atom. The first-order chi connectivity index (χ1) is 15.9. The molecule has 2 N–H and O–H groups in total.